The van der Waals surface area contributed by atoms with Gasteiger partial charge in [-0.15, -0.1) is 0 Å². The zero-order valence-electron chi connectivity index (χ0n) is 22.1. The second-order valence-corrected chi connectivity index (χ2v) is 13.6. The van der Waals surface area contributed by atoms with Gasteiger partial charge < -0.3 is 9.47 Å². The van der Waals surface area contributed by atoms with E-state index >= 15 is 0 Å². The molecule has 3 aromatic carbocycles. The molecule has 3 nitrogen and oxygen atoms in total. The van der Waals surface area contributed by atoms with Gasteiger partial charge in [-0.3, -0.25) is 0 Å². The van der Waals surface area contributed by atoms with Crippen LogP contribution in [0.4, 0.5) is 0 Å². The summed E-state index contributed by atoms with van der Waals surface area (Å²) in [4.78, 5) is 16.8. The molecule has 0 amide bonds. The number of esters is 1. The molecule has 0 aromatic heterocycles. The fraction of sp³-hybridized carbons (Fsp3) is 0.424. The van der Waals surface area contributed by atoms with Crippen molar-refractivity contribution >= 4 is 16.9 Å². The standard InChI is InChI=1S/C33H37O3S/c1-22-14-30(37(28-10-6-4-7-11-28)29-12-8-5-9-13-29)15-23(2)32(22)36-31(34)21-35-33(3)26-17-24-16-25(19-26)20-27(33)18-24/h4-15,24-27H,16-21H2,1-3H3/q+1. The quantitative estimate of drug-likeness (QED) is 0.186. The Morgan fingerprint density at radius 1 is 0.784 bits per heavy atom. The summed E-state index contributed by atoms with van der Waals surface area (Å²) in [7, 11) is -0.236. The first-order valence-electron chi connectivity index (χ1n) is 13.7. The third-order valence-electron chi connectivity index (χ3n) is 9.10. The maximum absolute atomic E-state index is 13.0. The Kier molecular flexibility index (Phi) is 6.66. The molecule has 37 heavy (non-hydrogen) atoms. The van der Waals surface area contributed by atoms with E-state index in [2.05, 4.69) is 79.7 Å². The predicted molar refractivity (Wildman–Crippen MR) is 148 cm³/mol. The summed E-state index contributed by atoms with van der Waals surface area (Å²) in [6, 6.07) is 25.6. The summed E-state index contributed by atoms with van der Waals surface area (Å²) < 4.78 is 12.4. The Morgan fingerprint density at radius 2 is 1.27 bits per heavy atom. The van der Waals surface area contributed by atoms with Gasteiger partial charge in [0.2, 0.25) is 0 Å². The third-order valence-corrected chi connectivity index (χ3v) is 11.3. The maximum atomic E-state index is 13.0. The highest BCUT2D eigenvalue weighted by atomic mass is 32.2. The number of hydrogen-bond donors (Lipinski definition) is 0. The van der Waals surface area contributed by atoms with Crippen LogP contribution in [-0.2, 0) is 20.4 Å². The molecule has 0 atom stereocenters. The van der Waals surface area contributed by atoms with Crippen LogP contribution in [0.1, 0.15) is 50.2 Å². The molecule has 3 aromatic rings. The van der Waals surface area contributed by atoms with Crippen molar-refractivity contribution in [3.8, 4) is 5.75 Å². The second-order valence-electron chi connectivity index (χ2n) is 11.6. The molecule has 0 aliphatic heterocycles. The van der Waals surface area contributed by atoms with E-state index in [9.17, 15) is 4.79 Å². The molecular weight excluding hydrogens is 476 g/mol. The monoisotopic (exact) mass is 513 g/mol. The topological polar surface area (TPSA) is 35.5 Å². The Balaban J connectivity index is 1.19. The van der Waals surface area contributed by atoms with Crippen molar-refractivity contribution in [2.75, 3.05) is 6.61 Å². The lowest BCUT2D eigenvalue weighted by atomic mass is 9.50. The average Bonchev–Trinajstić information content (AvgIpc) is 2.89. The van der Waals surface area contributed by atoms with Gasteiger partial charge in [0, 0.05) is 12.1 Å². The fourth-order valence-electron chi connectivity index (χ4n) is 7.42. The minimum absolute atomic E-state index is 0.0257. The van der Waals surface area contributed by atoms with Gasteiger partial charge in [-0.25, -0.2) is 4.79 Å². The first-order chi connectivity index (χ1) is 17.9. The van der Waals surface area contributed by atoms with Gasteiger partial charge in [-0.1, -0.05) is 36.4 Å². The summed E-state index contributed by atoms with van der Waals surface area (Å²) in [5, 5.41) is 0. The van der Waals surface area contributed by atoms with Gasteiger partial charge in [-0.05, 0) is 112 Å². The third kappa shape index (κ3) is 4.75. The van der Waals surface area contributed by atoms with E-state index in [1.54, 1.807) is 0 Å². The Bertz CT molecular complexity index is 1180. The minimum Gasteiger partial charge on any atom is -0.424 e. The van der Waals surface area contributed by atoms with Crippen LogP contribution in [0.25, 0.3) is 0 Å². The number of ether oxygens (including phenoxy) is 2. The van der Waals surface area contributed by atoms with Crippen LogP contribution in [0.3, 0.4) is 0 Å². The van der Waals surface area contributed by atoms with Crippen LogP contribution < -0.4 is 4.74 Å². The number of aryl methyl sites for hydroxylation is 2. The van der Waals surface area contributed by atoms with Crippen molar-refractivity contribution in [2.24, 2.45) is 23.7 Å². The SMILES string of the molecule is Cc1cc([S+](c2ccccc2)c2ccccc2)cc(C)c1OC(=O)COC1(C)C2CC3CC(C2)CC1C3. The summed E-state index contributed by atoms with van der Waals surface area (Å²) >= 11 is 0. The normalized spacial score (nSPS) is 28.0. The second kappa shape index (κ2) is 9.96. The summed E-state index contributed by atoms with van der Waals surface area (Å²) in [6.45, 7) is 6.36. The van der Waals surface area contributed by atoms with Gasteiger partial charge in [0.1, 0.15) is 12.4 Å². The Morgan fingerprint density at radius 3 is 1.76 bits per heavy atom. The zero-order chi connectivity index (χ0) is 25.6. The fourth-order valence-corrected chi connectivity index (χ4v) is 9.69. The highest BCUT2D eigenvalue weighted by Gasteiger charge is 2.55. The van der Waals surface area contributed by atoms with Gasteiger partial charge >= 0.3 is 5.97 Å². The molecule has 4 aliphatic carbocycles. The highest BCUT2D eigenvalue weighted by molar-refractivity contribution is 7.97. The van der Waals surface area contributed by atoms with Crippen molar-refractivity contribution in [1.29, 1.82) is 0 Å². The van der Waals surface area contributed by atoms with E-state index in [0.29, 0.717) is 17.6 Å². The van der Waals surface area contributed by atoms with Crippen LogP contribution in [0.15, 0.2) is 87.5 Å². The van der Waals surface area contributed by atoms with Gasteiger partial charge in [-0.2, -0.15) is 0 Å². The smallest absolute Gasteiger partial charge is 0.337 e. The van der Waals surface area contributed by atoms with E-state index in [0.717, 1.165) is 23.0 Å². The molecule has 0 radical (unpaired) electrons. The zero-order valence-corrected chi connectivity index (χ0v) is 22.9. The van der Waals surface area contributed by atoms with Crippen molar-refractivity contribution in [3.05, 3.63) is 83.9 Å². The van der Waals surface area contributed by atoms with Crippen molar-refractivity contribution < 1.29 is 14.3 Å². The van der Waals surface area contributed by atoms with Gasteiger partial charge in [0.05, 0.1) is 16.5 Å². The number of carbonyl (C=O) groups is 1. The molecule has 0 heterocycles. The number of rotatable bonds is 7. The van der Waals surface area contributed by atoms with Crippen LogP contribution in [-0.4, -0.2) is 18.2 Å². The van der Waals surface area contributed by atoms with Gasteiger partial charge in [0.15, 0.2) is 14.7 Å². The van der Waals surface area contributed by atoms with Crippen LogP contribution >= 0.6 is 0 Å². The molecule has 0 N–H and O–H groups in total. The van der Waals surface area contributed by atoms with E-state index < -0.39 is 0 Å². The molecule has 4 aliphatic rings. The maximum Gasteiger partial charge on any atom is 0.337 e. The van der Waals surface area contributed by atoms with Gasteiger partial charge in [0.25, 0.3) is 0 Å². The number of benzene rings is 3. The van der Waals surface area contributed by atoms with Crippen LogP contribution in [0, 0.1) is 37.5 Å². The molecule has 4 fully saturated rings. The summed E-state index contributed by atoms with van der Waals surface area (Å²) in [5.74, 6) is 3.32. The molecule has 0 saturated heterocycles. The highest BCUT2D eigenvalue weighted by Crippen LogP contribution is 2.59. The predicted octanol–water partition coefficient (Wildman–Crippen LogP) is 7.54. The summed E-state index contributed by atoms with van der Waals surface area (Å²) in [5.41, 5.74) is 1.78. The lowest BCUT2D eigenvalue weighted by Crippen LogP contribution is -2.57. The van der Waals surface area contributed by atoms with E-state index in [4.69, 9.17) is 9.47 Å². The van der Waals surface area contributed by atoms with E-state index in [1.165, 1.54) is 46.8 Å². The largest absolute Gasteiger partial charge is 0.424 e. The molecule has 4 bridgehead atoms. The molecule has 4 heteroatoms. The molecule has 7 rings (SSSR count). The molecule has 192 valence electrons. The average molecular weight is 514 g/mol. The number of hydrogen-bond acceptors (Lipinski definition) is 3. The Labute approximate surface area is 223 Å². The Hall–Kier alpha value is -2.56. The molecule has 0 spiro atoms. The lowest BCUT2D eigenvalue weighted by molar-refractivity contribution is -0.199. The van der Waals surface area contributed by atoms with Crippen LogP contribution in [0.2, 0.25) is 0 Å². The van der Waals surface area contributed by atoms with Crippen LogP contribution in [0.5, 0.6) is 5.75 Å². The minimum atomic E-state index is -0.293. The van der Waals surface area contributed by atoms with Crippen molar-refractivity contribution in [2.45, 2.75) is 73.2 Å². The summed E-state index contributed by atoms with van der Waals surface area (Å²) in [6.07, 6.45) is 6.48. The van der Waals surface area contributed by atoms with E-state index in [-0.39, 0.29) is 29.1 Å². The molecule has 4 saturated carbocycles. The van der Waals surface area contributed by atoms with E-state index in [1.807, 2.05) is 13.8 Å². The first kappa shape index (κ1) is 24.8. The first-order valence-corrected chi connectivity index (χ1v) is 14.9. The van der Waals surface area contributed by atoms with Crippen molar-refractivity contribution in [3.63, 3.8) is 0 Å². The molecular formula is C33H37O3S+. The molecule has 0 unspecified atom stereocenters. The lowest BCUT2D eigenvalue weighted by Gasteiger charge is -2.59. The number of carbonyl (C=O) groups excluding carboxylic acids is 1. The van der Waals surface area contributed by atoms with Crippen molar-refractivity contribution in [1.82, 2.24) is 0 Å².